The van der Waals surface area contributed by atoms with Gasteiger partial charge in [0.1, 0.15) is 22.8 Å². The van der Waals surface area contributed by atoms with Crippen LogP contribution in [0.2, 0.25) is 0 Å². The highest BCUT2D eigenvalue weighted by Gasteiger charge is 2.37. The molecule has 0 spiro atoms. The van der Waals surface area contributed by atoms with E-state index in [0.29, 0.717) is 11.7 Å². The molecule has 0 saturated carbocycles. The highest BCUT2D eigenvalue weighted by Crippen LogP contribution is 2.45. The summed E-state index contributed by atoms with van der Waals surface area (Å²) in [6, 6.07) is 14.1. The van der Waals surface area contributed by atoms with Crippen LogP contribution in [0.25, 0.3) is 0 Å². The molecular weight excluding hydrogens is 376 g/mol. The van der Waals surface area contributed by atoms with E-state index in [1.165, 1.54) is 5.56 Å². The number of unbranched alkanes of at least 4 members (excludes halogenated alkanes) is 1. The molecule has 1 heterocycles. The Balaban J connectivity index is 1.60. The standard InChI is InChI=1S/C26H36O4/c1-19(10-9-13-20-11-5-4-6-12-20)29-22-17-24(28)23-16-21(14-7-8-15-27)26(2,3)30-25(23)18-22/h4-6,11-12,17-19,21,27-28H,7-10,13-16H2,1-3H3. The van der Waals surface area contributed by atoms with E-state index in [1.54, 1.807) is 6.07 Å². The second kappa shape index (κ2) is 10.2. The second-order valence-electron chi connectivity index (χ2n) is 9.05. The lowest BCUT2D eigenvalue weighted by molar-refractivity contribution is 0.0199. The highest BCUT2D eigenvalue weighted by atomic mass is 16.5. The summed E-state index contributed by atoms with van der Waals surface area (Å²) < 4.78 is 12.4. The van der Waals surface area contributed by atoms with E-state index in [9.17, 15) is 5.11 Å². The molecule has 1 aliphatic rings. The maximum absolute atomic E-state index is 10.6. The molecule has 164 valence electrons. The topological polar surface area (TPSA) is 58.9 Å². The van der Waals surface area contributed by atoms with E-state index in [4.69, 9.17) is 14.6 Å². The summed E-state index contributed by atoms with van der Waals surface area (Å²) in [4.78, 5) is 0. The van der Waals surface area contributed by atoms with Gasteiger partial charge >= 0.3 is 0 Å². The van der Waals surface area contributed by atoms with Gasteiger partial charge in [0.15, 0.2) is 0 Å². The third-order valence-electron chi connectivity index (χ3n) is 6.18. The zero-order chi connectivity index (χ0) is 21.6. The SMILES string of the molecule is CC(CCCc1ccccc1)Oc1cc(O)c2c(c1)OC(C)(C)C(CCCCO)C2. The first kappa shape index (κ1) is 22.5. The Kier molecular flexibility index (Phi) is 7.65. The van der Waals surface area contributed by atoms with Gasteiger partial charge in [0, 0.05) is 30.2 Å². The van der Waals surface area contributed by atoms with Crippen molar-refractivity contribution >= 4 is 0 Å². The number of hydrogen-bond donors (Lipinski definition) is 2. The van der Waals surface area contributed by atoms with Crippen molar-refractivity contribution in [2.75, 3.05) is 6.61 Å². The van der Waals surface area contributed by atoms with Crippen molar-refractivity contribution in [2.45, 2.75) is 77.4 Å². The number of aromatic hydroxyl groups is 1. The van der Waals surface area contributed by atoms with Crippen LogP contribution in [0, 0.1) is 5.92 Å². The van der Waals surface area contributed by atoms with E-state index in [1.807, 2.05) is 12.1 Å². The minimum absolute atomic E-state index is 0.0639. The van der Waals surface area contributed by atoms with Gasteiger partial charge in [-0.1, -0.05) is 36.8 Å². The van der Waals surface area contributed by atoms with Crippen LogP contribution in [0.1, 0.15) is 64.0 Å². The van der Waals surface area contributed by atoms with Crippen molar-refractivity contribution < 1.29 is 19.7 Å². The number of rotatable bonds is 10. The predicted molar refractivity (Wildman–Crippen MR) is 120 cm³/mol. The number of hydrogen-bond acceptors (Lipinski definition) is 4. The van der Waals surface area contributed by atoms with Gasteiger partial charge in [-0.05, 0) is 64.9 Å². The zero-order valence-corrected chi connectivity index (χ0v) is 18.6. The fourth-order valence-corrected chi connectivity index (χ4v) is 4.31. The number of aliphatic hydroxyl groups excluding tert-OH is 1. The summed E-state index contributed by atoms with van der Waals surface area (Å²) in [5, 5.41) is 19.7. The Morgan fingerprint density at radius 3 is 2.63 bits per heavy atom. The van der Waals surface area contributed by atoms with Crippen LogP contribution < -0.4 is 9.47 Å². The molecule has 0 radical (unpaired) electrons. The maximum Gasteiger partial charge on any atom is 0.130 e. The largest absolute Gasteiger partial charge is 0.507 e. The van der Waals surface area contributed by atoms with E-state index in [-0.39, 0.29) is 24.1 Å². The monoisotopic (exact) mass is 412 g/mol. The van der Waals surface area contributed by atoms with Gasteiger partial charge in [-0.15, -0.1) is 0 Å². The first-order valence-electron chi connectivity index (χ1n) is 11.3. The molecule has 0 fully saturated rings. The van der Waals surface area contributed by atoms with Gasteiger partial charge < -0.3 is 19.7 Å². The lowest BCUT2D eigenvalue weighted by Gasteiger charge is -2.40. The van der Waals surface area contributed by atoms with E-state index >= 15 is 0 Å². The Morgan fingerprint density at radius 2 is 1.90 bits per heavy atom. The first-order valence-corrected chi connectivity index (χ1v) is 11.3. The molecule has 2 aromatic rings. The smallest absolute Gasteiger partial charge is 0.130 e. The second-order valence-corrected chi connectivity index (χ2v) is 9.05. The minimum atomic E-state index is -0.311. The number of aryl methyl sites for hydroxylation is 1. The molecule has 2 unspecified atom stereocenters. The van der Waals surface area contributed by atoms with Crippen molar-refractivity contribution in [1.82, 2.24) is 0 Å². The summed E-state index contributed by atoms with van der Waals surface area (Å²) in [7, 11) is 0. The number of aliphatic hydroxyl groups is 1. The van der Waals surface area contributed by atoms with Crippen molar-refractivity contribution in [2.24, 2.45) is 5.92 Å². The normalized spacial score (nSPS) is 18.3. The number of phenolic OH excluding ortho intramolecular Hbond substituents is 1. The van der Waals surface area contributed by atoms with Crippen molar-refractivity contribution in [1.29, 1.82) is 0 Å². The number of benzene rings is 2. The van der Waals surface area contributed by atoms with E-state index in [0.717, 1.165) is 56.3 Å². The van der Waals surface area contributed by atoms with Gasteiger partial charge in [0.05, 0.1) is 6.10 Å². The minimum Gasteiger partial charge on any atom is -0.507 e. The molecule has 30 heavy (non-hydrogen) atoms. The molecule has 2 N–H and O–H groups in total. The highest BCUT2D eigenvalue weighted by molar-refractivity contribution is 5.51. The van der Waals surface area contributed by atoms with Gasteiger partial charge in [0.25, 0.3) is 0 Å². The first-order chi connectivity index (χ1) is 14.4. The van der Waals surface area contributed by atoms with Crippen LogP contribution in [0.5, 0.6) is 17.2 Å². The lowest BCUT2D eigenvalue weighted by Crippen LogP contribution is -2.42. The molecule has 3 rings (SSSR count). The van der Waals surface area contributed by atoms with Gasteiger partial charge in [-0.25, -0.2) is 0 Å². The van der Waals surface area contributed by atoms with Crippen molar-refractivity contribution in [3.8, 4) is 17.2 Å². The molecule has 1 aliphatic heterocycles. The predicted octanol–water partition coefficient (Wildman–Crippen LogP) is 5.67. The quantitative estimate of drug-likeness (QED) is 0.493. The van der Waals surface area contributed by atoms with E-state index in [2.05, 4.69) is 45.0 Å². The number of phenols is 1. The average molecular weight is 413 g/mol. The molecule has 4 nitrogen and oxygen atoms in total. The molecule has 2 aromatic carbocycles. The van der Waals surface area contributed by atoms with Gasteiger partial charge in [-0.2, -0.15) is 0 Å². The summed E-state index contributed by atoms with van der Waals surface area (Å²) in [6.45, 7) is 6.51. The molecule has 0 aliphatic carbocycles. The zero-order valence-electron chi connectivity index (χ0n) is 18.6. The third-order valence-corrected chi connectivity index (χ3v) is 6.18. The van der Waals surface area contributed by atoms with Crippen LogP contribution >= 0.6 is 0 Å². The van der Waals surface area contributed by atoms with Gasteiger partial charge in [0.2, 0.25) is 0 Å². The Bertz CT molecular complexity index is 800. The molecule has 0 bridgehead atoms. The van der Waals surface area contributed by atoms with Gasteiger partial charge in [-0.3, -0.25) is 0 Å². The summed E-state index contributed by atoms with van der Waals surface area (Å²) >= 11 is 0. The Hall–Kier alpha value is -2.20. The molecule has 0 aromatic heterocycles. The third kappa shape index (κ3) is 5.91. The van der Waals surface area contributed by atoms with Crippen molar-refractivity contribution in [3.63, 3.8) is 0 Å². The fraction of sp³-hybridized carbons (Fsp3) is 0.538. The van der Waals surface area contributed by atoms with Crippen LogP contribution in [-0.4, -0.2) is 28.5 Å². The van der Waals surface area contributed by atoms with Crippen LogP contribution in [0.3, 0.4) is 0 Å². The lowest BCUT2D eigenvalue weighted by atomic mass is 9.79. The summed E-state index contributed by atoms with van der Waals surface area (Å²) in [5.74, 6) is 1.95. The number of ether oxygens (including phenoxy) is 2. The fourth-order valence-electron chi connectivity index (χ4n) is 4.31. The van der Waals surface area contributed by atoms with Crippen LogP contribution in [-0.2, 0) is 12.8 Å². The summed E-state index contributed by atoms with van der Waals surface area (Å²) in [5.41, 5.74) is 1.90. The molecule has 0 saturated heterocycles. The van der Waals surface area contributed by atoms with Crippen LogP contribution in [0.15, 0.2) is 42.5 Å². The summed E-state index contributed by atoms with van der Waals surface area (Å²) in [6.07, 6.45) is 6.64. The Morgan fingerprint density at radius 1 is 1.13 bits per heavy atom. The van der Waals surface area contributed by atoms with Crippen LogP contribution in [0.4, 0.5) is 0 Å². The molecular formula is C26H36O4. The molecule has 2 atom stereocenters. The molecule has 0 amide bonds. The Labute approximate surface area is 180 Å². The molecule has 4 heteroatoms. The van der Waals surface area contributed by atoms with Crippen molar-refractivity contribution in [3.05, 3.63) is 53.6 Å². The maximum atomic E-state index is 10.6. The average Bonchev–Trinajstić information content (AvgIpc) is 2.69. The number of fused-ring (bicyclic) bond motifs is 1. The van der Waals surface area contributed by atoms with E-state index < -0.39 is 0 Å².